The van der Waals surface area contributed by atoms with E-state index >= 15 is 0 Å². The van der Waals surface area contributed by atoms with Crippen LogP contribution in [-0.2, 0) is 17.6 Å². The lowest BCUT2D eigenvalue weighted by molar-refractivity contribution is -0.120. The lowest BCUT2D eigenvalue weighted by Gasteiger charge is -2.20. The third-order valence-corrected chi connectivity index (χ3v) is 5.09. The number of carbonyl (C=O) groups excluding carboxylic acids is 2. The summed E-state index contributed by atoms with van der Waals surface area (Å²) in [5.41, 5.74) is 4.43. The molecular formula is C23H28N2O3. The number of hydrogen-bond donors (Lipinski definition) is 2. The molecular weight excluding hydrogens is 352 g/mol. The van der Waals surface area contributed by atoms with Crippen molar-refractivity contribution in [2.75, 3.05) is 13.2 Å². The first kappa shape index (κ1) is 19.9. The van der Waals surface area contributed by atoms with Crippen LogP contribution in [0, 0.1) is 0 Å². The molecule has 2 N–H and O–H groups in total. The zero-order valence-electron chi connectivity index (χ0n) is 16.6. The lowest BCUT2D eigenvalue weighted by Crippen LogP contribution is -2.38. The largest absolute Gasteiger partial charge is 0.494 e. The van der Waals surface area contributed by atoms with Crippen LogP contribution in [-0.4, -0.2) is 25.0 Å². The zero-order valence-corrected chi connectivity index (χ0v) is 16.6. The van der Waals surface area contributed by atoms with Crippen molar-refractivity contribution in [3.63, 3.8) is 0 Å². The second kappa shape index (κ2) is 9.40. The van der Waals surface area contributed by atoms with E-state index < -0.39 is 0 Å². The summed E-state index contributed by atoms with van der Waals surface area (Å²) >= 11 is 0. The van der Waals surface area contributed by atoms with Crippen LogP contribution >= 0.6 is 0 Å². The van der Waals surface area contributed by atoms with Gasteiger partial charge < -0.3 is 15.4 Å². The van der Waals surface area contributed by atoms with E-state index in [-0.39, 0.29) is 24.4 Å². The van der Waals surface area contributed by atoms with Crippen LogP contribution in [0.15, 0.2) is 42.5 Å². The molecule has 5 heteroatoms. The molecule has 0 saturated heterocycles. The first-order valence-corrected chi connectivity index (χ1v) is 9.99. The third kappa shape index (κ3) is 5.12. The Balaban J connectivity index is 1.50. The van der Waals surface area contributed by atoms with E-state index in [1.807, 2.05) is 13.8 Å². The highest BCUT2D eigenvalue weighted by molar-refractivity contribution is 5.96. The molecule has 0 heterocycles. The van der Waals surface area contributed by atoms with Crippen LogP contribution in [0.1, 0.15) is 59.8 Å². The van der Waals surface area contributed by atoms with Gasteiger partial charge in [-0.15, -0.1) is 0 Å². The molecule has 148 valence electrons. The van der Waals surface area contributed by atoms with Gasteiger partial charge in [-0.2, -0.15) is 0 Å². The van der Waals surface area contributed by atoms with E-state index in [0.717, 1.165) is 24.2 Å². The number of benzene rings is 2. The molecule has 0 bridgehead atoms. The van der Waals surface area contributed by atoms with Crippen molar-refractivity contribution in [3.05, 3.63) is 64.7 Å². The molecule has 0 spiro atoms. The van der Waals surface area contributed by atoms with Crippen LogP contribution < -0.4 is 15.4 Å². The summed E-state index contributed by atoms with van der Waals surface area (Å²) < 4.78 is 5.36. The van der Waals surface area contributed by atoms with Gasteiger partial charge in [0.1, 0.15) is 5.75 Å². The van der Waals surface area contributed by atoms with E-state index in [0.29, 0.717) is 12.2 Å². The van der Waals surface area contributed by atoms with E-state index in [2.05, 4.69) is 28.8 Å². The maximum atomic E-state index is 12.2. The van der Waals surface area contributed by atoms with Crippen LogP contribution in [0.25, 0.3) is 0 Å². The van der Waals surface area contributed by atoms with Gasteiger partial charge in [0.15, 0.2) is 0 Å². The first-order chi connectivity index (χ1) is 13.6. The molecule has 3 rings (SSSR count). The van der Waals surface area contributed by atoms with Gasteiger partial charge in [-0.25, -0.2) is 0 Å². The van der Waals surface area contributed by atoms with E-state index in [1.54, 1.807) is 24.3 Å². The molecule has 0 aromatic heterocycles. The Morgan fingerprint density at radius 3 is 2.46 bits per heavy atom. The molecule has 0 saturated carbocycles. The third-order valence-electron chi connectivity index (χ3n) is 5.09. The van der Waals surface area contributed by atoms with Crippen molar-refractivity contribution >= 4 is 11.8 Å². The van der Waals surface area contributed by atoms with Crippen LogP contribution in [0.3, 0.4) is 0 Å². The number of carbonyl (C=O) groups is 2. The van der Waals surface area contributed by atoms with Gasteiger partial charge in [-0.05, 0) is 80.5 Å². The summed E-state index contributed by atoms with van der Waals surface area (Å²) in [6.07, 6.45) is 4.75. The number of rotatable bonds is 7. The highest BCUT2D eigenvalue weighted by Crippen LogP contribution is 2.24. The monoisotopic (exact) mass is 380 g/mol. The number of hydrogen-bond acceptors (Lipinski definition) is 3. The SMILES string of the molecule is CCOc1ccc(C(=O)NCC(=O)N[C@H](C)c2ccc3c(c2)CCCC3)cc1. The Morgan fingerprint density at radius 1 is 1.04 bits per heavy atom. The Morgan fingerprint density at radius 2 is 1.75 bits per heavy atom. The summed E-state index contributed by atoms with van der Waals surface area (Å²) in [6.45, 7) is 4.40. The number of nitrogens with one attached hydrogen (secondary N) is 2. The summed E-state index contributed by atoms with van der Waals surface area (Å²) in [5.74, 6) is 0.236. The average Bonchev–Trinajstić information content (AvgIpc) is 2.72. The molecule has 28 heavy (non-hydrogen) atoms. The minimum atomic E-state index is -0.278. The number of fused-ring (bicyclic) bond motifs is 1. The normalized spacial score (nSPS) is 13.9. The molecule has 0 aliphatic heterocycles. The van der Waals surface area contributed by atoms with Gasteiger partial charge in [-0.1, -0.05) is 18.2 Å². The van der Waals surface area contributed by atoms with Gasteiger partial charge in [0.2, 0.25) is 5.91 Å². The van der Waals surface area contributed by atoms with Gasteiger partial charge in [0.05, 0.1) is 19.2 Å². The summed E-state index contributed by atoms with van der Waals surface area (Å²) in [5, 5.41) is 5.63. The maximum absolute atomic E-state index is 12.2. The fourth-order valence-electron chi connectivity index (χ4n) is 3.53. The highest BCUT2D eigenvalue weighted by atomic mass is 16.5. The highest BCUT2D eigenvalue weighted by Gasteiger charge is 2.15. The minimum Gasteiger partial charge on any atom is -0.494 e. The number of aryl methyl sites for hydroxylation is 2. The van der Waals surface area contributed by atoms with Gasteiger partial charge in [0, 0.05) is 5.56 Å². The van der Waals surface area contributed by atoms with Crippen LogP contribution in [0.2, 0.25) is 0 Å². The molecule has 0 radical (unpaired) electrons. The van der Waals surface area contributed by atoms with E-state index in [1.165, 1.54) is 24.0 Å². The molecule has 5 nitrogen and oxygen atoms in total. The van der Waals surface area contributed by atoms with Crippen molar-refractivity contribution in [2.45, 2.75) is 45.6 Å². The predicted molar refractivity (Wildman–Crippen MR) is 110 cm³/mol. The number of ether oxygens (including phenoxy) is 1. The molecule has 0 unspecified atom stereocenters. The molecule has 2 amide bonds. The lowest BCUT2D eigenvalue weighted by atomic mass is 9.89. The van der Waals surface area contributed by atoms with Crippen molar-refractivity contribution in [1.82, 2.24) is 10.6 Å². The fraction of sp³-hybridized carbons (Fsp3) is 0.391. The first-order valence-electron chi connectivity index (χ1n) is 9.99. The Bertz CT molecular complexity index is 830. The van der Waals surface area contributed by atoms with E-state index in [4.69, 9.17) is 4.74 Å². The van der Waals surface area contributed by atoms with Crippen molar-refractivity contribution in [3.8, 4) is 5.75 Å². The molecule has 0 fully saturated rings. The summed E-state index contributed by atoms with van der Waals surface area (Å²) in [6, 6.07) is 13.3. The number of amides is 2. The average molecular weight is 380 g/mol. The van der Waals surface area contributed by atoms with Crippen molar-refractivity contribution in [2.24, 2.45) is 0 Å². The predicted octanol–water partition coefficient (Wildman–Crippen LogP) is 3.57. The quantitative estimate of drug-likeness (QED) is 0.772. The second-order valence-electron chi connectivity index (χ2n) is 7.16. The topological polar surface area (TPSA) is 67.4 Å². The molecule has 1 aliphatic rings. The maximum Gasteiger partial charge on any atom is 0.251 e. The van der Waals surface area contributed by atoms with Crippen molar-refractivity contribution in [1.29, 1.82) is 0 Å². The Hall–Kier alpha value is -2.82. The molecule has 2 aromatic rings. The fourth-order valence-corrected chi connectivity index (χ4v) is 3.53. The Kier molecular flexibility index (Phi) is 6.69. The zero-order chi connectivity index (χ0) is 19.9. The van der Waals surface area contributed by atoms with Gasteiger partial charge in [0.25, 0.3) is 5.91 Å². The van der Waals surface area contributed by atoms with Crippen LogP contribution in [0.5, 0.6) is 5.75 Å². The van der Waals surface area contributed by atoms with Gasteiger partial charge in [-0.3, -0.25) is 9.59 Å². The molecule has 1 aliphatic carbocycles. The van der Waals surface area contributed by atoms with E-state index in [9.17, 15) is 9.59 Å². The van der Waals surface area contributed by atoms with Gasteiger partial charge >= 0.3 is 0 Å². The summed E-state index contributed by atoms with van der Waals surface area (Å²) in [4.78, 5) is 24.4. The molecule has 1 atom stereocenters. The second-order valence-corrected chi connectivity index (χ2v) is 7.16. The van der Waals surface area contributed by atoms with Crippen LogP contribution in [0.4, 0.5) is 0 Å². The standard InChI is InChI=1S/C23H28N2O3/c1-3-28-21-12-10-18(11-13-21)23(27)24-15-22(26)25-16(2)19-9-8-17-6-4-5-7-20(17)14-19/h8-14,16H,3-7,15H2,1-2H3,(H,24,27)(H,25,26)/t16-/m1/s1. The summed E-state index contributed by atoms with van der Waals surface area (Å²) in [7, 11) is 0. The smallest absolute Gasteiger partial charge is 0.251 e. The Labute approximate surface area is 166 Å². The molecule has 2 aromatic carbocycles. The van der Waals surface area contributed by atoms with Crippen molar-refractivity contribution < 1.29 is 14.3 Å². The minimum absolute atomic E-state index is 0.0542.